The van der Waals surface area contributed by atoms with Crippen molar-refractivity contribution in [2.45, 2.75) is 25.7 Å². The van der Waals surface area contributed by atoms with Gasteiger partial charge < -0.3 is 15.7 Å². The van der Waals surface area contributed by atoms with Gasteiger partial charge in [-0.1, -0.05) is 30.3 Å². The Labute approximate surface area is 178 Å². The highest BCUT2D eigenvalue weighted by atomic mass is 127. The zero-order valence-electron chi connectivity index (χ0n) is 15.1. The summed E-state index contributed by atoms with van der Waals surface area (Å²) >= 11 is 0. The molecule has 9 heteroatoms. The van der Waals surface area contributed by atoms with Crippen molar-refractivity contribution in [3.05, 3.63) is 71.0 Å². The Morgan fingerprint density at radius 2 is 1.82 bits per heavy atom. The fraction of sp³-hybridized carbons (Fsp3) is 0.316. The lowest BCUT2D eigenvalue weighted by atomic mass is 10.1. The van der Waals surface area contributed by atoms with Gasteiger partial charge in [-0.3, -0.25) is 0 Å². The molecule has 1 unspecified atom stereocenters. The van der Waals surface area contributed by atoms with E-state index in [-0.39, 0.29) is 42.6 Å². The molecule has 4 nitrogen and oxygen atoms in total. The Hall–Kier alpha value is -1.88. The number of nitrogens with one attached hydrogen (secondary N) is 2. The molecule has 154 valence electrons. The van der Waals surface area contributed by atoms with Crippen LogP contribution in [0.15, 0.2) is 53.5 Å². The molecule has 1 atom stereocenters. The van der Waals surface area contributed by atoms with E-state index in [2.05, 4.69) is 15.6 Å². The zero-order chi connectivity index (χ0) is 19.9. The lowest BCUT2D eigenvalue weighted by Crippen LogP contribution is -2.39. The number of benzene rings is 2. The lowest BCUT2D eigenvalue weighted by Gasteiger charge is -2.16. The van der Waals surface area contributed by atoms with Gasteiger partial charge in [-0.25, -0.2) is 9.38 Å². The molecule has 0 amide bonds. The van der Waals surface area contributed by atoms with Gasteiger partial charge in [0, 0.05) is 18.7 Å². The maximum Gasteiger partial charge on any atom is 0.416 e. The van der Waals surface area contributed by atoms with Gasteiger partial charge in [0.05, 0.1) is 18.2 Å². The van der Waals surface area contributed by atoms with Crippen molar-refractivity contribution in [1.82, 2.24) is 10.6 Å². The minimum Gasteiger partial charge on any atom is -0.386 e. The summed E-state index contributed by atoms with van der Waals surface area (Å²) in [5, 5.41) is 15.9. The van der Waals surface area contributed by atoms with E-state index >= 15 is 0 Å². The van der Waals surface area contributed by atoms with Gasteiger partial charge in [-0.15, -0.1) is 24.0 Å². The fourth-order valence-corrected chi connectivity index (χ4v) is 2.41. The van der Waals surface area contributed by atoms with Crippen LogP contribution in [0.3, 0.4) is 0 Å². The maximum absolute atomic E-state index is 13.7. The molecule has 2 rings (SSSR count). The van der Waals surface area contributed by atoms with E-state index in [1.165, 1.54) is 24.3 Å². The fourth-order valence-electron chi connectivity index (χ4n) is 2.41. The molecular formula is C19H22F4IN3O. The summed E-state index contributed by atoms with van der Waals surface area (Å²) in [7, 11) is 0. The van der Waals surface area contributed by atoms with E-state index in [4.69, 9.17) is 0 Å². The van der Waals surface area contributed by atoms with Crippen molar-refractivity contribution in [2.75, 3.05) is 13.1 Å². The summed E-state index contributed by atoms with van der Waals surface area (Å²) in [6.45, 7) is 2.36. The Morgan fingerprint density at radius 1 is 1.11 bits per heavy atom. The maximum atomic E-state index is 13.7. The molecule has 0 aromatic heterocycles. The molecule has 0 aliphatic carbocycles. The minimum atomic E-state index is -4.41. The molecule has 3 N–H and O–H groups in total. The van der Waals surface area contributed by atoms with E-state index in [0.29, 0.717) is 18.1 Å². The standard InChI is InChI=1S/C19H21F4N3O.HI/c1-2-24-18(26-12-17(27)15-8-3-4-9-16(15)20)25-11-13-6-5-7-14(10-13)19(21,22)23;/h3-10,17,27H,2,11-12H2,1H3,(H2,24,25,26);1H. The van der Waals surface area contributed by atoms with Crippen LogP contribution in [0.1, 0.15) is 29.7 Å². The number of alkyl halides is 3. The number of guanidine groups is 1. The van der Waals surface area contributed by atoms with Crippen LogP contribution in [-0.4, -0.2) is 24.2 Å². The molecule has 0 radical (unpaired) electrons. The summed E-state index contributed by atoms with van der Waals surface area (Å²) in [6, 6.07) is 10.8. The molecule has 0 fully saturated rings. The average Bonchev–Trinajstić information content (AvgIpc) is 2.63. The molecule has 2 aromatic rings. The second kappa shape index (κ2) is 11.2. The van der Waals surface area contributed by atoms with E-state index in [1.54, 1.807) is 12.1 Å². The third kappa shape index (κ3) is 7.27. The second-order valence-electron chi connectivity index (χ2n) is 5.81. The van der Waals surface area contributed by atoms with Crippen LogP contribution in [0.5, 0.6) is 0 Å². The summed E-state index contributed by atoms with van der Waals surface area (Å²) in [4.78, 5) is 4.22. The third-order valence-electron chi connectivity index (χ3n) is 3.75. The number of nitrogens with zero attached hydrogens (tertiary/aromatic N) is 1. The number of aliphatic hydroxyl groups is 1. The Bertz CT molecular complexity index is 784. The molecule has 0 saturated heterocycles. The molecule has 0 aliphatic rings. The molecule has 0 spiro atoms. The van der Waals surface area contributed by atoms with E-state index in [1.807, 2.05) is 6.92 Å². The van der Waals surface area contributed by atoms with Crippen molar-refractivity contribution in [3.8, 4) is 0 Å². The smallest absolute Gasteiger partial charge is 0.386 e. The first kappa shape index (κ1) is 24.2. The lowest BCUT2D eigenvalue weighted by molar-refractivity contribution is -0.137. The van der Waals surface area contributed by atoms with Crippen molar-refractivity contribution in [3.63, 3.8) is 0 Å². The van der Waals surface area contributed by atoms with Crippen molar-refractivity contribution < 1.29 is 22.7 Å². The van der Waals surface area contributed by atoms with Crippen LogP contribution in [0, 0.1) is 5.82 Å². The van der Waals surface area contributed by atoms with Crippen LogP contribution in [-0.2, 0) is 12.7 Å². The quantitative estimate of drug-likeness (QED) is 0.235. The summed E-state index contributed by atoms with van der Waals surface area (Å²) in [5.41, 5.74) is -0.182. The van der Waals surface area contributed by atoms with Crippen LogP contribution < -0.4 is 10.6 Å². The zero-order valence-corrected chi connectivity index (χ0v) is 17.5. The Balaban J connectivity index is 0.00000392. The van der Waals surface area contributed by atoms with Crippen LogP contribution in [0.25, 0.3) is 0 Å². The molecule has 0 heterocycles. The SMILES string of the molecule is CCNC(=NCc1cccc(C(F)(F)F)c1)NCC(O)c1ccccc1F.I. The van der Waals surface area contributed by atoms with Crippen LogP contribution >= 0.6 is 24.0 Å². The summed E-state index contributed by atoms with van der Waals surface area (Å²) in [6.07, 6.45) is -5.50. The number of hydrogen-bond acceptors (Lipinski definition) is 2. The normalized spacial score (nSPS) is 12.9. The highest BCUT2D eigenvalue weighted by Crippen LogP contribution is 2.29. The first-order valence-electron chi connectivity index (χ1n) is 8.42. The van der Waals surface area contributed by atoms with E-state index in [9.17, 15) is 22.7 Å². The number of aliphatic hydroxyl groups excluding tert-OH is 1. The largest absolute Gasteiger partial charge is 0.416 e. The van der Waals surface area contributed by atoms with Gasteiger partial charge >= 0.3 is 6.18 Å². The van der Waals surface area contributed by atoms with Gasteiger partial charge in [0.2, 0.25) is 0 Å². The first-order valence-corrected chi connectivity index (χ1v) is 8.42. The van der Waals surface area contributed by atoms with E-state index < -0.39 is 23.7 Å². The van der Waals surface area contributed by atoms with Gasteiger partial charge in [-0.2, -0.15) is 13.2 Å². The molecule has 2 aromatic carbocycles. The van der Waals surface area contributed by atoms with Crippen molar-refractivity contribution in [1.29, 1.82) is 0 Å². The number of aliphatic imine (C=N–C) groups is 1. The van der Waals surface area contributed by atoms with Crippen molar-refractivity contribution in [2.24, 2.45) is 4.99 Å². The van der Waals surface area contributed by atoms with Gasteiger partial charge in [0.15, 0.2) is 5.96 Å². The average molecular weight is 511 g/mol. The van der Waals surface area contributed by atoms with Gasteiger partial charge in [0.25, 0.3) is 0 Å². The molecule has 0 aliphatic heterocycles. The molecule has 28 heavy (non-hydrogen) atoms. The third-order valence-corrected chi connectivity index (χ3v) is 3.75. The Kier molecular flexibility index (Phi) is 9.66. The van der Waals surface area contributed by atoms with Gasteiger partial charge in [0.1, 0.15) is 5.82 Å². The molecular weight excluding hydrogens is 489 g/mol. The van der Waals surface area contributed by atoms with Crippen LogP contribution in [0.2, 0.25) is 0 Å². The molecule has 0 saturated carbocycles. The monoisotopic (exact) mass is 511 g/mol. The van der Waals surface area contributed by atoms with E-state index in [0.717, 1.165) is 12.1 Å². The summed E-state index contributed by atoms with van der Waals surface area (Å²) in [5.74, 6) is -0.206. The minimum absolute atomic E-state index is 0. The van der Waals surface area contributed by atoms with Crippen molar-refractivity contribution >= 4 is 29.9 Å². The summed E-state index contributed by atoms with van der Waals surface area (Å²) < 4.78 is 52.0. The van der Waals surface area contributed by atoms with Gasteiger partial charge in [-0.05, 0) is 30.7 Å². The van der Waals surface area contributed by atoms with Crippen LogP contribution in [0.4, 0.5) is 17.6 Å². The predicted octanol–water partition coefficient (Wildman–Crippen LogP) is 4.25. The number of hydrogen-bond donors (Lipinski definition) is 3. The highest BCUT2D eigenvalue weighted by Gasteiger charge is 2.30. The predicted molar refractivity (Wildman–Crippen MR) is 111 cm³/mol. The number of halogens is 5. The Morgan fingerprint density at radius 3 is 2.46 bits per heavy atom. The molecule has 0 bridgehead atoms. The highest BCUT2D eigenvalue weighted by molar-refractivity contribution is 14.0. The first-order chi connectivity index (χ1) is 12.8. The second-order valence-corrected chi connectivity index (χ2v) is 5.81. The number of rotatable bonds is 6. The topological polar surface area (TPSA) is 56.7 Å².